The molecule has 1 amide bonds. The number of carbonyl (C=O) groups is 1. The number of nitrogens with one attached hydrogen (secondary N) is 1. The Hall–Kier alpha value is -2.21. The molecule has 0 fully saturated rings. The van der Waals surface area contributed by atoms with Crippen LogP contribution >= 0.6 is 22.6 Å². The number of fused-ring (bicyclic) bond motifs is 1. The van der Waals surface area contributed by atoms with Gasteiger partial charge in [0.15, 0.2) is 0 Å². The van der Waals surface area contributed by atoms with Gasteiger partial charge in [0.25, 0.3) is 5.91 Å². The van der Waals surface area contributed by atoms with Crippen LogP contribution in [0.4, 0.5) is 0 Å². The number of amides is 1. The van der Waals surface area contributed by atoms with Crippen LogP contribution in [0.3, 0.4) is 0 Å². The van der Waals surface area contributed by atoms with Gasteiger partial charge in [-0.3, -0.25) is 4.79 Å². The van der Waals surface area contributed by atoms with Crippen molar-refractivity contribution in [3.63, 3.8) is 0 Å². The monoisotopic (exact) mass is 400 g/mol. The van der Waals surface area contributed by atoms with E-state index in [0.29, 0.717) is 5.56 Å². The van der Waals surface area contributed by atoms with Gasteiger partial charge in [-0.25, -0.2) is 5.43 Å². The third kappa shape index (κ3) is 3.51. The molecule has 3 rings (SSSR count). The van der Waals surface area contributed by atoms with Gasteiger partial charge < -0.3 is 0 Å². The van der Waals surface area contributed by atoms with Gasteiger partial charge in [-0.2, -0.15) is 5.10 Å². The molecule has 0 aliphatic rings. The number of nitrogens with zero attached hydrogens (tertiary/aromatic N) is 1. The topological polar surface area (TPSA) is 41.5 Å². The van der Waals surface area contributed by atoms with Gasteiger partial charge in [0.1, 0.15) is 0 Å². The molecule has 0 saturated carbocycles. The van der Waals surface area contributed by atoms with Gasteiger partial charge in [-0.1, -0.05) is 42.5 Å². The zero-order valence-corrected chi connectivity index (χ0v) is 13.8. The molecular formula is C18H13IN2O. The van der Waals surface area contributed by atoms with Crippen LogP contribution in [-0.2, 0) is 0 Å². The molecule has 3 aromatic rings. The summed E-state index contributed by atoms with van der Waals surface area (Å²) in [4.78, 5) is 12.1. The summed E-state index contributed by atoms with van der Waals surface area (Å²) in [5.41, 5.74) is 4.11. The maximum atomic E-state index is 12.1. The molecule has 108 valence electrons. The second-order valence-corrected chi connectivity index (χ2v) is 6.06. The fourth-order valence-electron chi connectivity index (χ4n) is 2.15. The van der Waals surface area contributed by atoms with Crippen LogP contribution in [0.1, 0.15) is 15.9 Å². The van der Waals surface area contributed by atoms with Crippen LogP contribution in [0.5, 0.6) is 0 Å². The van der Waals surface area contributed by atoms with Crippen LogP contribution in [0.2, 0.25) is 0 Å². The Bertz CT molecular complexity index is 858. The van der Waals surface area contributed by atoms with E-state index in [1.165, 1.54) is 0 Å². The highest BCUT2D eigenvalue weighted by molar-refractivity contribution is 14.1. The van der Waals surface area contributed by atoms with Gasteiger partial charge in [-0.05, 0) is 63.2 Å². The van der Waals surface area contributed by atoms with E-state index in [9.17, 15) is 4.79 Å². The third-order valence-electron chi connectivity index (χ3n) is 3.24. The van der Waals surface area contributed by atoms with Crippen LogP contribution in [-0.4, -0.2) is 12.1 Å². The molecule has 0 aromatic heterocycles. The van der Waals surface area contributed by atoms with Crippen molar-refractivity contribution in [2.24, 2.45) is 5.10 Å². The SMILES string of the molecule is O=C(N/N=C\c1cccc(I)c1)c1ccc2ccccc2c1. The Labute approximate surface area is 142 Å². The number of carbonyl (C=O) groups excluding carboxylic acids is 1. The van der Waals surface area contributed by atoms with Crippen molar-refractivity contribution in [1.82, 2.24) is 5.43 Å². The molecule has 0 bridgehead atoms. The lowest BCUT2D eigenvalue weighted by Crippen LogP contribution is -2.17. The van der Waals surface area contributed by atoms with Crippen molar-refractivity contribution in [2.45, 2.75) is 0 Å². The van der Waals surface area contributed by atoms with E-state index in [2.05, 4.69) is 33.1 Å². The predicted molar refractivity (Wildman–Crippen MR) is 98.2 cm³/mol. The maximum absolute atomic E-state index is 12.1. The van der Waals surface area contributed by atoms with E-state index < -0.39 is 0 Å². The Morgan fingerprint density at radius 2 is 1.77 bits per heavy atom. The van der Waals surface area contributed by atoms with Crippen LogP contribution in [0.15, 0.2) is 71.8 Å². The molecule has 0 radical (unpaired) electrons. The van der Waals surface area contributed by atoms with Crippen molar-refractivity contribution >= 4 is 45.5 Å². The molecule has 0 saturated heterocycles. The normalized spacial score (nSPS) is 11.0. The summed E-state index contributed by atoms with van der Waals surface area (Å²) >= 11 is 2.24. The Balaban J connectivity index is 1.73. The van der Waals surface area contributed by atoms with Gasteiger partial charge in [0.05, 0.1) is 6.21 Å². The highest BCUT2D eigenvalue weighted by Gasteiger charge is 2.04. The minimum atomic E-state index is -0.215. The standard InChI is InChI=1S/C18H13IN2O/c19-17-7-3-4-13(10-17)12-20-21-18(22)16-9-8-14-5-1-2-6-15(14)11-16/h1-12H,(H,21,22)/b20-12-. The van der Waals surface area contributed by atoms with Crippen LogP contribution in [0, 0.1) is 3.57 Å². The molecule has 4 heteroatoms. The minimum absolute atomic E-state index is 0.215. The van der Waals surface area contributed by atoms with Crippen molar-refractivity contribution in [3.05, 3.63) is 81.4 Å². The van der Waals surface area contributed by atoms with E-state index in [0.717, 1.165) is 19.9 Å². The molecule has 0 aliphatic carbocycles. The van der Waals surface area contributed by atoms with Gasteiger partial charge in [0.2, 0.25) is 0 Å². The van der Waals surface area contributed by atoms with Crippen molar-refractivity contribution in [2.75, 3.05) is 0 Å². The largest absolute Gasteiger partial charge is 0.271 e. The smallest absolute Gasteiger partial charge is 0.267 e. The summed E-state index contributed by atoms with van der Waals surface area (Å²) < 4.78 is 1.13. The Morgan fingerprint density at radius 1 is 0.955 bits per heavy atom. The number of hydrazone groups is 1. The van der Waals surface area contributed by atoms with E-state index >= 15 is 0 Å². The lowest BCUT2D eigenvalue weighted by molar-refractivity contribution is 0.0955. The summed E-state index contributed by atoms with van der Waals surface area (Å²) in [6, 6.07) is 21.4. The summed E-state index contributed by atoms with van der Waals surface area (Å²) in [6.07, 6.45) is 1.64. The molecular weight excluding hydrogens is 387 g/mol. The lowest BCUT2D eigenvalue weighted by atomic mass is 10.1. The van der Waals surface area contributed by atoms with Crippen LogP contribution < -0.4 is 5.43 Å². The molecule has 0 aliphatic heterocycles. The third-order valence-corrected chi connectivity index (χ3v) is 3.91. The first kappa shape index (κ1) is 14.7. The number of hydrogen-bond donors (Lipinski definition) is 1. The van der Waals surface area contributed by atoms with Gasteiger partial charge in [0, 0.05) is 9.13 Å². The van der Waals surface area contributed by atoms with Gasteiger partial charge >= 0.3 is 0 Å². The number of rotatable bonds is 3. The van der Waals surface area contributed by atoms with Gasteiger partial charge in [-0.15, -0.1) is 0 Å². The summed E-state index contributed by atoms with van der Waals surface area (Å²) in [5.74, 6) is -0.215. The second kappa shape index (κ2) is 6.70. The average molecular weight is 400 g/mol. The fourth-order valence-corrected chi connectivity index (χ4v) is 2.71. The first-order chi connectivity index (χ1) is 10.7. The number of benzene rings is 3. The maximum Gasteiger partial charge on any atom is 0.271 e. The molecule has 3 nitrogen and oxygen atoms in total. The van der Waals surface area contributed by atoms with E-state index in [1.54, 1.807) is 12.3 Å². The van der Waals surface area contributed by atoms with E-state index in [-0.39, 0.29) is 5.91 Å². The fraction of sp³-hybridized carbons (Fsp3) is 0. The quantitative estimate of drug-likeness (QED) is 0.400. The zero-order chi connectivity index (χ0) is 15.4. The van der Waals surface area contributed by atoms with E-state index in [4.69, 9.17) is 0 Å². The zero-order valence-electron chi connectivity index (χ0n) is 11.7. The number of halogens is 1. The summed E-state index contributed by atoms with van der Waals surface area (Å²) in [6.45, 7) is 0. The van der Waals surface area contributed by atoms with E-state index in [1.807, 2.05) is 60.7 Å². The van der Waals surface area contributed by atoms with Crippen molar-refractivity contribution in [3.8, 4) is 0 Å². The summed E-state index contributed by atoms with van der Waals surface area (Å²) in [7, 11) is 0. The molecule has 22 heavy (non-hydrogen) atoms. The summed E-state index contributed by atoms with van der Waals surface area (Å²) in [5, 5.41) is 6.16. The average Bonchev–Trinajstić information content (AvgIpc) is 2.54. The predicted octanol–water partition coefficient (Wildman–Crippen LogP) is 4.21. The molecule has 1 N–H and O–H groups in total. The molecule has 0 atom stereocenters. The molecule has 0 heterocycles. The number of hydrogen-bond acceptors (Lipinski definition) is 2. The molecule has 0 unspecified atom stereocenters. The van der Waals surface area contributed by atoms with Crippen molar-refractivity contribution < 1.29 is 4.79 Å². The Morgan fingerprint density at radius 3 is 2.59 bits per heavy atom. The Kier molecular flexibility index (Phi) is 4.48. The molecule has 3 aromatic carbocycles. The highest BCUT2D eigenvalue weighted by atomic mass is 127. The highest BCUT2D eigenvalue weighted by Crippen LogP contribution is 2.15. The van der Waals surface area contributed by atoms with Crippen LogP contribution in [0.25, 0.3) is 10.8 Å². The first-order valence-corrected chi connectivity index (χ1v) is 7.88. The lowest BCUT2D eigenvalue weighted by Gasteiger charge is -2.02. The first-order valence-electron chi connectivity index (χ1n) is 6.80. The minimum Gasteiger partial charge on any atom is -0.267 e. The second-order valence-electron chi connectivity index (χ2n) is 4.82. The van der Waals surface area contributed by atoms with Crippen molar-refractivity contribution in [1.29, 1.82) is 0 Å². The molecule has 0 spiro atoms.